The number of unbranched alkanes of at least 4 members (excludes halogenated alkanes) is 3. The third-order valence-electron chi connectivity index (χ3n) is 3.53. The van der Waals surface area contributed by atoms with Gasteiger partial charge in [0.25, 0.3) is 0 Å². The maximum atomic E-state index is 11.1. The number of methoxy groups -OCH3 is 1. The van der Waals surface area contributed by atoms with Crippen molar-refractivity contribution in [2.24, 2.45) is 0 Å². The van der Waals surface area contributed by atoms with Crippen molar-refractivity contribution in [2.75, 3.05) is 7.11 Å². The number of aryl methyl sites for hydroxylation is 1. The van der Waals surface area contributed by atoms with E-state index in [1.807, 2.05) is 36.4 Å². The van der Waals surface area contributed by atoms with Crippen molar-refractivity contribution < 1.29 is 14.1 Å². The number of nitrogens with zero attached hydrogens (tertiary/aromatic N) is 1. The van der Waals surface area contributed by atoms with E-state index in [0.29, 0.717) is 18.6 Å². The van der Waals surface area contributed by atoms with E-state index in [-0.39, 0.29) is 5.97 Å². The average molecular weight is 343 g/mol. The van der Waals surface area contributed by atoms with Gasteiger partial charge in [0.05, 0.1) is 19.2 Å². The molecule has 0 saturated heterocycles. The molecule has 0 aliphatic heterocycles. The zero-order valence-electron chi connectivity index (χ0n) is 15.3. The summed E-state index contributed by atoms with van der Waals surface area (Å²) in [6, 6.07) is 1.83. The summed E-state index contributed by atoms with van der Waals surface area (Å²) in [6.07, 6.45) is 23.1. The van der Waals surface area contributed by atoms with Gasteiger partial charge in [-0.1, -0.05) is 67.5 Å². The largest absolute Gasteiger partial charge is 0.469 e. The van der Waals surface area contributed by atoms with Gasteiger partial charge in [-0.15, -0.1) is 0 Å². The Hall–Kier alpha value is -2.36. The first kappa shape index (κ1) is 20.7. The van der Waals surface area contributed by atoms with Gasteiger partial charge in [-0.25, -0.2) is 0 Å². The lowest BCUT2D eigenvalue weighted by atomic mass is 10.2. The fourth-order valence-electron chi connectivity index (χ4n) is 2.10. The van der Waals surface area contributed by atoms with E-state index in [4.69, 9.17) is 4.52 Å². The quantitative estimate of drug-likeness (QED) is 0.220. The Morgan fingerprint density at radius 1 is 1.16 bits per heavy atom. The zero-order chi connectivity index (χ0) is 18.2. The molecule has 0 amide bonds. The maximum Gasteiger partial charge on any atom is 0.305 e. The number of rotatable bonds is 12. The first-order valence-electron chi connectivity index (χ1n) is 8.93. The Bertz CT molecular complexity index is 594. The lowest BCUT2D eigenvalue weighted by molar-refractivity contribution is -0.140. The topological polar surface area (TPSA) is 52.3 Å². The van der Waals surface area contributed by atoms with Gasteiger partial charge in [0.2, 0.25) is 0 Å². The summed E-state index contributed by atoms with van der Waals surface area (Å²) in [4.78, 5) is 11.1. The van der Waals surface area contributed by atoms with Crippen LogP contribution in [0.4, 0.5) is 0 Å². The number of carbonyl (C=O) groups excluding carboxylic acids is 1. The molecule has 0 aromatic carbocycles. The standard InChI is InChI=1S/C21H29NO3/c1-3-4-5-6-7-8-9-10-11-12-13-14-15-20-18-19(22-25-20)16-17-21(23)24-2/h7-8,10-15,18H,3-6,9,16-17H2,1-2H3/b8-7-,11-10-,13-12+,15-14+. The predicted molar refractivity (Wildman–Crippen MR) is 102 cm³/mol. The second-order valence-electron chi connectivity index (χ2n) is 5.67. The van der Waals surface area contributed by atoms with E-state index in [1.165, 1.54) is 32.8 Å². The molecule has 0 aliphatic carbocycles. The van der Waals surface area contributed by atoms with Crippen LogP contribution in [-0.2, 0) is 16.0 Å². The summed E-state index contributed by atoms with van der Waals surface area (Å²) in [5.74, 6) is 0.425. The van der Waals surface area contributed by atoms with Gasteiger partial charge in [-0.2, -0.15) is 0 Å². The summed E-state index contributed by atoms with van der Waals surface area (Å²) in [5, 5.41) is 3.92. The Morgan fingerprint density at radius 2 is 2.00 bits per heavy atom. The Balaban J connectivity index is 2.21. The number of allylic oxidation sites excluding steroid dienone is 7. The van der Waals surface area contributed by atoms with Crippen molar-refractivity contribution in [1.82, 2.24) is 5.16 Å². The van der Waals surface area contributed by atoms with Crippen LogP contribution in [0.5, 0.6) is 0 Å². The lowest BCUT2D eigenvalue weighted by Crippen LogP contribution is -2.01. The molecular weight excluding hydrogens is 314 g/mol. The Kier molecular flexibility index (Phi) is 11.6. The molecular formula is C21H29NO3. The second kappa shape index (κ2) is 14.0. The molecule has 0 atom stereocenters. The van der Waals surface area contributed by atoms with Gasteiger partial charge in [-0.3, -0.25) is 4.79 Å². The highest BCUT2D eigenvalue weighted by Gasteiger charge is 2.05. The summed E-state index contributed by atoms with van der Waals surface area (Å²) in [7, 11) is 1.38. The van der Waals surface area contributed by atoms with E-state index in [2.05, 4.69) is 35.0 Å². The van der Waals surface area contributed by atoms with Gasteiger partial charge < -0.3 is 9.26 Å². The minimum Gasteiger partial charge on any atom is -0.469 e. The SMILES string of the molecule is CCCCC/C=C\C\C=C/C=C/C=C/c1cc(CCC(=O)OC)no1. The van der Waals surface area contributed by atoms with Gasteiger partial charge in [-0.05, 0) is 25.3 Å². The van der Waals surface area contributed by atoms with Crippen LogP contribution in [-0.4, -0.2) is 18.2 Å². The summed E-state index contributed by atoms with van der Waals surface area (Å²) in [6.45, 7) is 2.22. The fourth-order valence-corrected chi connectivity index (χ4v) is 2.10. The normalized spacial score (nSPS) is 12.2. The van der Waals surface area contributed by atoms with Gasteiger partial charge >= 0.3 is 5.97 Å². The Labute approximate surface area is 150 Å². The van der Waals surface area contributed by atoms with Crippen LogP contribution in [0.15, 0.2) is 53.1 Å². The fraction of sp³-hybridized carbons (Fsp3) is 0.429. The van der Waals surface area contributed by atoms with Crippen LogP contribution in [0.1, 0.15) is 56.9 Å². The number of esters is 1. The van der Waals surface area contributed by atoms with Gasteiger partial charge in [0.15, 0.2) is 5.76 Å². The minimum atomic E-state index is -0.245. The van der Waals surface area contributed by atoms with Gasteiger partial charge in [0, 0.05) is 12.5 Å². The van der Waals surface area contributed by atoms with Crippen LogP contribution < -0.4 is 0 Å². The third-order valence-corrected chi connectivity index (χ3v) is 3.53. The van der Waals surface area contributed by atoms with E-state index in [9.17, 15) is 4.79 Å². The molecule has 1 aromatic heterocycles. The molecule has 25 heavy (non-hydrogen) atoms. The van der Waals surface area contributed by atoms with Crippen LogP contribution in [0, 0.1) is 0 Å². The van der Waals surface area contributed by atoms with Crippen LogP contribution in [0.25, 0.3) is 6.08 Å². The highest BCUT2D eigenvalue weighted by molar-refractivity contribution is 5.69. The smallest absolute Gasteiger partial charge is 0.305 e. The molecule has 136 valence electrons. The first-order chi connectivity index (χ1) is 12.3. The summed E-state index contributed by atoms with van der Waals surface area (Å²) in [5.41, 5.74) is 0.750. The minimum absolute atomic E-state index is 0.245. The molecule has 0 spiro atoms. The highest BCUT2D eigenvalue weighted by atomic mass is 16.5. The molecule has 1 heterocycles. The third kappa shape index (κ3) is 10.9. The number of ether oxygens (including phenoxy) is 1. The van der Waals surface area contributed by atoms with Crippen LogP contribution in [0.2, 0.25) is 0 Å². The molecule has 1 rings (SSSR count). The zero-order valence-corrected chi connectivity index (χ0v) is 15.3. The van der Waals surface area contributed by atoms with Crippen molar-refractivity contribution in [1.29, 1.82) is 0 Å². The molecule has 4 nitrogen and oxygen atoms in total. The van der Waals surface area contributed by atoms with E-state index >= 15 is 0 Å². The van der Waals surface area contributed by atoms with Crippen molar-refractivity contribution >= 4 is 12.0 Å². The molecule has 1 aromatic rings. The Morgan fingerprint density at radius 3 is 2.80 bits per heavy atom. The lowest BCUT2D eigenvalue weighted by Gasteiger charge is -1.94. The first-order valence-corrected chi connectivity index (χ1v) is 8.93. The molecule has 0 fully saturated rings. The predicted octanol–water partition coefficient (Wildman–Crippen LogP) is 5.43. The van der Waals surface area contributed by atoms with Gasteiger partial charge in [0.1, 0.15) is 0 Å². The maximum absolute atomic E-state index is 11.1. The molecule has 0 aliphatic rings. The monoisotopic (exact) mass is 343 g/mol. The number of aromatic nitrogens is 1. The number of carbonyl (C=O) groups is 1. The molecule has 0 N–H and O–H groups in total. The molecule has 0 bridgehead atoms. The number of hydrogen-bond donors (Lipinski definition) is 0. The second-order valence-corrected chi connectivity index (χ2v) is 5.67. The molecule has 4 heteroatoms. The van der Waals surface area contributed by atoms with Crippen LogP contribution >= 0.6 is 0 Å². The molecule has 0 saturated carbocycles. The molecule has 0 unspecified atom stereocenters. The summed E-state index contributed by atoms with van der Waals surface area (Å²) >= 11 is 0. The van der Waals surface area contributed by atoms with Crippen LogP contribution in [0.3, 0.4) is 0 Å². The van der Waals surface area contributed by atoms with E-state index in [0.717, 1.165) is 12.1 Å². The summed E-state index contributed by atoms with van der Waals surface area (Å²) < 4.78 is 9.78. The number of hydrogen-bond acceptors (Lipinski definition) is 4. The average Bonchev–Trinajstić information content (AvgIpc) is 3.08. The van der Waals surface area contributed by atoms with Crippen molar-refractivity contribution in [3.8, 4) is 0 Å². The van der Waals surface area contributed by atoms with Crippen molar-refractivity contribution in [3.63, 3.8) is 0 Å². The molecule has 0 radical (unpaired) electrons. The highest BCUT2D eigenvalue weighted by Crippen LogP contribution is 2.08. The van der Waals surface area contributed by atoms with E-state index < -0.39 is 0 Å². The van der Waals surface area contributed by atoms with Crippen molar-refractivity contribution in [2.45, 2.75) is 51.9 Å². The van der Waals surface area contributed by atoms with E-state index in [1.54, 1.807) is 0 Å². The van der Waals surface area contributed by atoms with Crippen molar-refractivity contribution in [3.05, 3.63) is 60.1 Å².